The topological polar surface area (TPSA) is 102 Å². The summed E-state index contributed by atoms with van der Waals surface area (Å²) in [4.78, 5) is 0.0356. The third-order valence-electron chi connectivity index (χ3n) is 3.49. The number of rotatable bonds is 6. The first-order chi connectivity index (χ1) is 10.8. The molecule has 4 atom stereocenters. The predicted octanol–water partition coefficient (Wildman–Crippen LogP) is 0.599. The highest BCUT2D eigenvalue weighted by Crippen LogP contribution is 2.21. The maximum absolute atomic E-state index is 12.1. The highest BCUT2D eigenvalue weighted by Gasteiger charge is 2.38. The van der Waals surface area contributed by atoms with Crippen molar-refractivity contribution in [3.8, 4) is 0 Å². The van der Waals surface area contributed by atoms with Gasteiger partial charge < -0.3 is 19.7 Å². The monoisotopic (exact) mass is 458 g/mol. The third kappa shape index (κ3) is 4.84. The number of ether oxygens (including phenoxy) is 2. The molecular formula is C14H19IO7S. The Morgan fingerprint density at radius 2 is 2.00 bits per heavy atom. The lowest BCUT2D eigenvalue weighted by Crippen LogP contribution is -2.53. The second-order valence-corrected chi connectivity index (χ2v) is 7.71. The van der Waals surface area contributed by atoms with Crippen LogP contribution in [0.1, 0.15) is 5.56 Å². The molecule has 0 radical (unpaired) electrons. The van der Waals surface area contributed by atoms with Gasteiger partial charge in [0.25, 0.3) is 10.1 Å². The van der Waals surface area contributed by atoms with E-state index in [1.54, 1.807) is 12.1 Å². The summed E-state index contributed by atoms with van der Waals surface area (Å²) in [7, 11) is -3.94. The van der Waals surface area contributed by atoms with Gasteiger partial charge >= 0.3 is 0 Å². The quantitative estimate of drug-likeness (QED) is 0.366. The number of benzene rings is 1. The standard InChI is InChI=1S/C14H19IO7S/c1-9-2-4-10(5-3-9)23(18,19)22-7-12-13(17)14(11(16)6-15)21-8-20-12/h2-5,11-14,16-17H,6-8H2,1H3. The molecule has 9 heteroatoms. The minimum atomic E-state index is -3.94. The number of alkyl halides is 1. The van der Waals surface area contributed by atoms with Crippen LogP contribution in [-0.2, 0) is 23.8 Å². The molecule has 1 aromatic carbocycles. The summed E-state index contributed by atoms with van der Waals surface area (Å²) in [6, 6.07) is 6.24. The number of aliphatic hydroxyl groups is 2. The van der Waals surface area contributed by atoms with Crippen molar-refractivity contribution < 1.29 is 32.3 Å². The SMILES string of the molecule is Cc1ccc(S(=O)(=O)OCC2OCOC(C(O)CI)C2O)cc1. The number of halogens is 1. The van der Waals surface area contributed by atoms with Gasteiger partial charge in [-0.1, -0.05) is 40.3 Å². The van der Waals surface area contributed by atoms with Crippen molar-refractivity contribution in [1.29, 1.82) is 0 Å². The molecule has 0 aromatic heterocycles. The molecule has 1 fully saturated rings. The Hall–Kier alpha value is -0.300. The van der Waals surface area contributed by atoms with Crippen molar-refractivity contribution >= 4 is 32.7 Å². The Morgan fingerprint density at radius 1 is 1.35 bits per heavy atom. The van der Waals surface area contributed by atoms with Crippen LogP contribution in [0.4, 0.5) is 0 Å². The van der Waals surface area contributed by atoms with Crippen molar-refractivity contribution in [3.63, 3.8) is 0 Å². The smallest absolute Gasteiger partial charge is 0.297 e. The van der Waals surface area contributed by atoms with Crippen LogP contribution in [0.15, 0.2) is 29.2 Å². The molecule has 1 aliphatic heterocycles. The average Bonchev–Trinajstić information content (AvgIpc) is 2.53. The summed E-state index contributed by atoms with van der Waals surface area (Å²) in [6.45, 7) is 1.35. The minimum absolute atomic E-state index is 0.0356. The molecular weight excluding hydrogens is 439 g/mol. The van der Waals surface area contributed by atoms with E-state index in [1.807, 2.05) is 29.5 Å². The highest BCUT2D eigenvalue weighted by molar-refractivity contribution is 14.1. The first-order valence-electron chi connectivity index (χ1n) is 6.96. The summed E-state index contributed by atoms with van der Waals surface area (Å²) in [5, 5.41) is 19.9. The van der Waals surface area contributed by atoms with Gasteiger partial charge in [0.15, 0.2) is 0 Å². The number of hydrogen-bond donors (Lipinski definition) is 2. The maximum Gasteiger partial charge on any atom is 0.297 e. The van der Waals surface area contributed by atoms with E-state index in [9.17, 15) is 18.6 Å². The molecule has 1 aliphatic rings. The van der Waals surface area contributed by atoms with Crippen LogP contribution in [0.25, 0.3) is 0 Å². The van der Waals surface area contributed by atoms with Crippen LogP contribution in [-0.4, -0.2) is 60.9 Å². The summed E-state index contributed by atoms with van der Waals surface area (Å²) in [5.41, 5.74) is 0.933. The molecule has 23 heavy (non-hydrogen) atoms. The molecule has 0 spiro atoms. The number of aryl methyl sites for hydroxylation is 1. The van der Waals surface area contributed by atoms with E-state index < -0.39 is 34.5 Å². The van der Waals surface area contributed by atoms with Crippen molar-refractivity contribution in [2.24, 2.45) is 0 Å². The van der Waals surface area contributed by atoms with Crippen LogP contribution >= 0.6 is 22.6 Å². The van der Waals surface area contributed by atoms with Gasteiger partial charge in [0.2, 0.25) is 0 Å². The van der Waals surface area contributed by atoms with E-state index in [-0.39, 0.29) is 18.3 Å². The second kappa shape index (κ2) is 8.19. The molecule has 1 aromatic rings. The Balaban J connectivity index is 2.00. The normalized spacial score (nSPS) is 26.9. The van der Waals surface area contributed by atoms with Gasteiger partial charge in [-0.25, -0.2) is 0 Å². The zero-order chi connectivity index (χ0) is 17.0. The molecule has 130 valence electrons. The van der Waals surface area contributed by atoms with E-state index in [0.717, 1.165) is 5.56 Å². The van der Waals surface area contributed by atoms with Gasteiger partial charge in [0.1, 0.15) is 25.1 Å². The van der Waals surface area contributed by atoms with E-state index in [0.29, 0.717) is 4.43 Å². The molecule has 7 nitrogen and oxygen atoms in total. The first-order valence-corrected chi connectivity index (χ1v) is 9.90. The fourth-order valence-corrected chi connectivity index (χ4v) is 3.54. The van der Waals surface area contributed by atoms with Crippen LogP contribution in [0.2, 0.25) is 0 Å². The van der Waals surface area contributed by atoms with Gasteiger partial charge in [-0.2, -0.15) is 8.42 Å². The van der Waals surface area contributed by atoms with Crippen LogP contribution in [0.5, 0.6) is 0 Å². The Bertz CT molecular complexity index is 604. The van der Waals surface area contributed by atoms with Crippen LogP contribution < -0.4 is 0 Å². The molecule has 4 unspecified atom stereocenters. The number of hydrogen-bond acceptors (Lipinski definition) is 7. The lowest BCUT2D eigenvalue weighted by atomic mass is 10.0. The lowest BCUT2D eigenvalue weighted by Gasteiger charge is -2.36. The Kier molecular flexibility index (Phi) is 6.77. The van der Waals surface area contributed by atoms with Crippen molar-refractivity contribution in [3.05, 3.63) is 29.8 Å². The molecule has 2 rings (SSSR count). The van der Waals surface area contributed by atoms with Gasteiger partial charge in [-0.05, 0) is 19.1 Å². The lowest BCUT2D eigenvalue weighted by molar-refractivity contribution is -0.252. The van der Waals surface area contributed by atoms with Crippen molar-refractivity contribution in [2.45, 2.75) is 36.2 Å². The van der Waals surface area contributed by atoms with E-state index in [1.165, 1.54) is 12.1 Å². The molecule has 0 amide bonds. The van der Waals surface area contributed by atoms with E-state index in [2.05, 4.69) is 0 Å². The fourth-order valence-electron chi connectivity index (χ4n) is 2.12. The van der Waals surface area contributed by atoms with E-state index in [4.69, 9.17) is 13.7 Å². The Morgan fingerprint density at radius 3 is 2.61 bits per heavy atom. The summed E-state index contributed by atoms with van der Waals surface area (Å²) < 4.78 is 40.0. The molecule has 0 saturated carbocycles. The second-order valence-electron chi connectivity index (χ2n) is 5.22. The zero-order valence-corrected chi connectivity index (χ0v) is 15.4. The molecule has 0 bridgehead atoms. The minimum Gasteiger partial charge on any atom is -0.390 e. The zero-order valence-electron chi connectivity index (χ0n) is 12.5. The molecule has 1 heterocycles. The Labute approximate surface area is 148 Å². The first kappa shape index (κ1) is 19.0. The average molecular weight is 458 g/mol. The highest BCUT2D eigenvalue weighted by atomic mass is 127. The van der Waals surface area contributed by atoms with Gasteiger partial charge in [-0.15, -0.1) is 0 Å². The van der Waals surface area contributed by atoms with E-state index >= 15 is 0 Å². The summed E-state index contributed by atoms with van der Waals surface area (Å²) >= 11 is 1.97. The molecule has 2 N–H and O–H groups in total. The number of aliphatic hydroxyl groups excluding tert-OH is 2. The molecule has 1 saturated heterocycles. The fraction of sp³-hybridized carbons (Fsp3) is 0.571. The third-order valence-corrected chi connectivity index (χ3v) is 5.69. The maximum atomic E-state index is 12.1. The van der Waals surface area contributed by atoms with Gasteiger partial charge in [0, 0.05) is 4.43 Å². The van der Waals surface area contributed by atoms with Crippen molar-refractivity contribution in [1.82, 2.24) is 0 Å². The summed E-state index contributed by atoms with van der Waals surface area (Å²) in [6.07, 6.45) is -3.78. The molecule has 0 aliphatic carbocycles. The largest absolute Gasteiger partial charge is 0.390 e. The van der Waals surface area contributed by atoms with Gasteiger partial charge in [-0.3, -0.25) is 4.18 Å². The summed E-state index contributed by atoms with van der Waals surface area (Å²) in [5.74, 6) is 0. The van der Waals surface area contributed by atoms with Crippen LogP contribution in [0.3, 0.4) is 0 Å². The van der Waals surface area contributed by atoms with Gasteiger partial charge in [0.05, 0.1) is 17.6 Å². The van der Waals surface area contributed by atoms with Crippen LogP contribution in [0, 0.1) is 6.92 Å². The predicted molar refractivity (Wildman–Crippen MR) is 89.8 cm³/mol. The van der Waals surface area contributed by atoms with Crippen molar-refractivity contribution in [2.75, 3.05) is 17.8 Å².